The van der Waals surface area contributed by atoms with Crippen LogP contribution >= 0.6 is 0 Å². The molecule has 39 heavy (non-hydrogen) atoms. The largest absolute Gasteiger partial charge is 0.352 e. The third kappa shape index (κ3) is 7.03. The molecule has 0 aliphatic heterocycles. The summed E-state index contributed by atoms with van der Waals surface area (Å²) in [6.45, 7) is 3.03. The highest BCUT2D eigenvalue weighted by Gasteiger charge is 2.33. The van der Waals surface area contributed by atoms with Crippen molar-refractivity contribution in [3.63, 3.8) is 0 Å². The van der Waals surface area contributed by atoms with E-state index in [0.717, 1.165) is 35.6 Å². The summed E-state index contributed by atoms with van der Waals surface area (Å²) in [5.41, 5.74) is 1.90. The van der Waals surface area contributed by atoms with Gasteiger partial charge in [0.2, 0.25) is 11.8 Å². The number of hydrogen-bond acceptors (Lipinski definition) is 4. The van der Waals surface area contributed by atoms with Crippen molar-refractivity contribution in [2.45, 2.75) is 63.1 Å². The Morgan fingerprint density at radius 3 is 2.18 bits per heavy atom. The number of rotatable bonds is 10. The van der Waals surface area contributed by atoms with Crippen LogP contribution < -0.4 is 9.62 Å². The lowest BCUT2D eigenvalue weighted by Gasteiger charge is -2.32. The highest BCUT2D eigenvalue weighted by atomic mass is 32.2. The van der Waals surface area contributed by atoms with E-state index in [1.54, 1.807) is 61.5 Å². The molecule has 0 aromatic heterocycles. The summed E-state index contributed by atoms with van der Waals surface area (Å²) >= 11 is 0. The number of nitrogens with one attached hydrogen (secondary N) is 1. The molecule has 3 aromatic carbocycles. The standard InChI is InChI=1S/C30H34FN3O4S/c1-22-12-18-27(19-13-22)34(39(37,38)28-10-4-3-5-11-28)21-29(35)33(20-24-14-16-25(31)17-15-24)23(2)30(36)32-26-8-6-7-9-26/h3-5,10-19,23,26H,6-9,20-21H2,1-2H3,(H,32,36)/t23-/m0/s1. The maximum atomic E-state index is 13.9. The molecule has 206 valence electrons. The number of carbonyl (C=O) groups is 2. The minimum atomic E-state index is -4.10. The number of amides is 2. The van der Waals surface area contributed by atoms with Crippen LogP contribution in [0.25, 0.3) is 0 Å². The normalized spacial score (nSPS) is 14.5. The molecule has 0 spiro atoms. The Kier molecular flexibility index (Phi) is 9.01. The van der Waals surface area contributed by atoms with Crippen molar-refractivity contribution in [3.8, 4) is 0 Å². The van der Waals surface area contributed by atoms with Crippen molar-refractivity contribution in [1.82, 2.24) is 10.2 Å². The van der Waals surface area contributed by atoms with Crippen LogP contribution in [0, 0.1) is 12.7 Å². The van der Waals surface area contributed by atoms with Gasteiger partial charge in [-0.1, -0.05) is 60.9 Å². The molecule has 3 aromatic rings. The monoisotopic (exact) mass is 551 g/mol. The fraction of sp³-hybridized carbons (Fsp3) is 0.333. The summed E-state index contributed by atoms with van der Waals surface area (Å²) in [7, 11) is -4.10. The first kappa shape index (κ1) is 28.3. The van der Waals surface area contributed by atoms with Gasteiger partial charge in [0.25, 0.3) is 10.0 Å². The molecule has 1 aliphatic carbocycles. The van der Waals surface area contributed by atoms with Gasteiger partial charge in [-0.05, 0) is 68.7 Å². The van der Waals surface area contributed by atoms with Gasteiger partial charge in [0.05, 0.1) is 10.6 Å². The Bertz CT molecular complexity index is 1370. The molecule has 1 atom stereocenters. The van der Waals surface area contributed by atoms with E-state index >= 15 is 0 Å². The molecular formula is C30H34FN3O4S. The predicted octanol–water partition coefficient (Wildman–Crippen LogP) is 4.81. The van der Waals surface area contributed by atoms with Gasteiger partial charge in [-0.2, -0.15) is 0 Å². The SMILES string of the molecule is Cc1ccc(N(CC(=O)N(Cc2ccc(F)cc2)[C@@H](C)C(=O)NC2CCCC2)S(=O)(=O)c2ccccc2)cc1. The van der Waals surface area contributed by atoms with Gasteiger partial charge in [0.15, 0.2) is 0 Å². The molecule has 1 N–H and O–H groups in total. The summed E-state index contributed by atoms with van der Waals surface area (Å²) < 4.78 is 42.1. The highest BCUT2D eigenvalue weighted by Crippen LogP contribution is 2.25. The number of sulfonamides is 1. The number of benzene rings is 3. The Hall–Kier alpha value is -3.72. The fourth-order valence-electron chi connectivity index (χ4n) is 4.72. The molecule has 1 aliphatic rings. The highest BCUT2D eigenvalue weighted by molar-refractivity contribution is 7.92. The molecule has 4 rings (SSSR count). The van der Waals surface area contributed by atoms with E-state index in [-0.39, 0.29) is 23.4 Å². The minimum absolute atomic E-state index is 0.0193. The van der Waals surface area contributed by atoms with Gasteiger partial charge in [0, 0.05) is 12.6 Å². The number of aryl methyl sites for hydroxylation is 1. The van der Waals surface area contributed by atoms with Crippen LogP contribution in [0.1, 0.15) is 43.7 Å². The second-order valence-corrected chi connectivity index (χ2v) is 11.8. The molecule has 7 nitrogen and oxygen atoms in total. The lowest BCUT2D eigenvalue weighted by atomic mass is 10.1. The van der Waals surface area contributed by atoms with E-state index in [2.05, 4.69) is 5.32 Å². The molecule has 1 fully saturated rings. The van der Waals surface area contributed by atoms with Gasteiger partial charge in [-0.25, -0.2) is 12.8 Å². The summed E-state index contributed by atoms with van der Waals surface area (Å²) in [6, 6.07) is 19.7. The van der Waals surface area contributed by atoms with Crippen LogP contribution in [-0.2, 0) is 26.2 Å². The van der Waals surface area contributed by atoms with E-state index < -0.39 is 34.3 Å². The smallest absolute Gasteiger partial charge is 0.264 e. The first-order valence-electron chi connectivity index (χ1n) is 13.1. The summed E-state index contributed by atoms with van der Waals surface area (Å²) in [5, 5.41) is 3.03. The number of nitrogens with zero attached hydrogens (tertiary/aromatic N) is 2. The second kappa shape index (κ2) is 12.4. The third-order valence-electron chi connectivity index (χ3n) is 7.07. The van der Waals surface area contributed by atoms with Gasteiger partial charge >= 0.3 is 0 Å². The van der Waals surface area contributed by atoms with E-state index in [9.17, 15) is 22.4 Å². The van der Waals surface area contributed by atoms with Crippen molar-refractivity contribution in [1.29, 1.82) is 0 Å². The van der Waals surface area contributed by atoms with Gasteiger partial charge in [-0.15, -0.1) is 0 Å². The Morgan fingerprint density at radius 2 is 1.56 bits per heavy atom. The van der Waals surface area contributed by atoms with Crippen molar-refractivity contribution < 1.29 is 22.4 Å². The van der Waals surface area contributed by atoms with Crippen LogP contribution in [0.15, 0.2) is 83.8 Å². The molecule has 0 unspecified atom stereocenters. The number of hydrogen-bond donors (Lipinski definition) is 1. The molecule has 0 saturated heterocycles. The van der Waals surface area contributed by atoms with Crippen LogP contribution in [0.5, 0.6) is 0 Å². The topological polar surface area (TPSA) is 86.8 Å². The second-order valence-electron chi connectivity index (χ2n) is 9.97. The number of carbonyl (C=O) groups excluding carboxylic acids is 2. The lowest BCUT2D eigenvalue weighted by molar-refractivity contribution is -0.139. The van der Waals surface area contributed by atoms with Crippen molar-refractivity contribution in [2.75, 3.05) is 10.8 Å². The Labute approximate surface area is 229 Å². The first-order valence-corrected chi connectivity index (χ1v) is 14.6. The average molecular weight is 552 g/mol. The van der Waals surface area contributed by atoms with Crippen molar-refractivity contribution in [2.24, 2.45) is 0 Å². The molecule has 1 saturated carbocycles. The quantitative estimate of drug-likeness (QED) is 0.392. The van der Waals surface area contributed by atoms with E-state index in [1.807, 2.05) is 6.92 Å². The van der Waals surface area contributed by atoms with Crippen molar-refractivity contribution in [3.05, 3.63) is 95.8 Å². The molecule has 2 amide bonds. The maximum Gasteiger partial charge on any atom is 0.264 e. The number of halogens is 1. The molecule has 0 heterocycles. The summed E-state index contributed by atoms with van der Waals surface area (Å²) in [5.74, 6) is -1.26. The number of anilines is 1. The molecule has 9 heteroatoms. The third-order valence-corrected chi connectivity index (χ3v) is 8.86. The van der Waals surface area contributed by atoms with Gasteiger partial charge in [-0.3, -0.25) is 13.9 Å². The minimum Gasteiger partial charge on any atom is -0.352 e. The molecular weight excluding hydrogens is 517 g/mol. The van der Waals surface area contributed by atoms with Crippen molar-refractivity contribution >= 4 is 27.5 Å². The van der Waals surface area contributed by atoms with Crippen LogP contribution in [-0.4, -0.2) is 43.8 Å². The predicted molar refractivity (Wildman–Crippen MR) is 149 cm³/mol. The zero-order valence-corrected chi connectivity index (χ0v) is 23.0. The molecule has 0 bridgehead atoms. The Morgan fingerprint density at radius 1 is 0.949 bits per heavy atom. The zero-order valence-electron chi connectivity index (χ0n) is 22.2. The van der Waals surface area contributed by atoms with Gasteiger partial charge in [0.1, 0.15) is 18.4 Å². The first-order chi connectivity index (χ1) is 18.6. The summed E-state index contributed by atoms with van der Waals surface area (Å²) in [6.07, 6.45) is 3.86. The average Bonchev–Trinajstić information content (AvgIpc) is 3.45. The lowest BCUT2D eigenvalue weighted by Crippen LogP contribution is -2.52. The fourth-order valence-corrected chi connectivity index (χ4v) is 6.16. The zero-order chi connectivity index (χ0) is 28.0. The van der Waals surface area contributed by atoms with E-state index in [4.69, 9.17) is 0 Å². The maximum absolute atomic E-state index is 13.9. The van der Waals surface area contributed by atoms with E-state index in [1.165, 1.54) is 29.2 Å². The van der Waals surface area contributed by atoms with Gasteiger partial charge < -0.3 is 10.2 Å². The molecule has 0 radical (unpaired) electrons. The Balaban J connectivity index is 1.66. The van der Waals surface area contributed by atoms with E-state index in [0.29, 0.717) is 11.3 Å². The van der Waals surface area contributed by atoms with Crippen LogP contribution in [0.3, 0.4) is 0 Å². The van der Waals surface area contributed by atoms with Crippen LogP contribution in [0.2, 0.25) is 0 Å². The van der Waals surface area contributed by atoms with Crippen LogP contribution in [0.4, 0.5) is 10.1 Å². The summed E-state index contributed by atoms with van der Waals surface area (Å²) in [4.78, 5) is 28.5.